The van der Waals surface area contributed by atoms with Crippen molar-refractivity contribution < 1.29 is 5.32 Å². The highest BCUT2D eigenvalue weighted by Crippen LogP contribution is 2.14. The maximum absolute atomic E-state index is 2.48. The van der Waals surface area contributed by atoms with Crippen LogP contribution in [0.5, 0.6) is 0 Å². The molecule has 0 radical (unpaired) electrons. The van der Waals surface area contributed by atoms with Crippen LogP contribution in [0.2, 0.25) is 0 Å². The van der Waals surface area contributed by atoms with E-state index in [1.165, 1.54) is 31.2 Å². The van der Waals surface area contributed by atoms with Crippen LogP contribution >= 0.6 is 0 Å². The van der Waals surface area contributed by atoms with E-state index in [1.54, 1.807) is 0 Å². The minimum absolute atomic E-state index is 0.894. The maximum atomic E-state index is 2.48. The van der Waals surface area contributed by atoms with Gasteiger partial charge in [0.15, 0.2) is 0 Å². The molecule has 0 unspecified atom stereocenters. The number of nitrogens with two attached hydrogens (primary N) is 1. The van der Waals surface area contributed by atoms with Gasteiger partial charge in [-0.2, -0.15) is 0 Å². The molecule has 0 atom stereocenters. The number of benzene rings is 1. The third-order valence-electron chi connectivity index (χ3n) is 3.12. The Morgan fingerprint density at radius 1 is 1.13 bits per heavy atom. The Hall–Kier alpha value is -1.08. The lowest BCUT2D eigenvalue weighted by Crippen LogP contribution is -2.89. The average molecular weight is 202 g/mol. The lowest BCUT2D eigenvalue weighted by Gasteiger charge is -2.04. The van der Waals surface area contributed by atoms with Crippen molar-refractivity contribution in [3.63, 3.8) is 0 Å². The van der Waals surface area contributed by atoms with Crippen LogP contribution in [0.3, 0.4) is 0 Å². The molecule has 1 nitrogen and oxygen atoms in total. The first kappa shape index (κ1) is 10.4. The van der Waals surface area contributed by atoms with Crippen molar-refractivity contribution in [2.45, 2.75) is 31.7 Å². The molecule has 0 amide bonds. The molecular formula is C14H20N+. The van der Waals surface area contributed by atoms with Gasteiger partial charge in [-0.3, -0.25) is 0 Å². The van der Waals surface area contributed by atoms with Gasteiger partial charge < -0.3 is 5.32 Å². The van der Waals surface area contributed by atoms with Crippen LogP contribution in [0, 0.1) is 0 Å². The summed E-state index contributed by atoms with van der Waals surface area (Å²) in [6, 6.07) is 11.4. The van der Waals surface area contributed by atoms with Crippen LogP contribution in [-0.2, 0) is 0 Å². The largest absolute Gasteiger partial charge is 0.341 e. The van der Waals surface area contributed by atoms with Gasteiger partial charge in [0, 0.05) is 0 Å². The van der Waals surface area contributed by atoms with E-state index >= 15 is 0 Å². The van der Waals surface area contributed by atoms with Crippen LogP contribution in [0.25, 0.3) is 6.08 Å². The van der Waals surface area contributed by atoms with Crippen molar-refractivity contribution in [1.82, 2.24) is 0 Å². The van der Waals surface area contributed by atoms with Gasteiger partial charge in [-0.25, -0.2) is 0 Å². The summed E-state index contributed by atoms with van der Waals surface area (Å²) in [4.78, 5) is 0. The Bertz CT molecular complexity index is 296. The molecule has 0 aromatic heterocycles. The number of rotatable bonds is 4. The number of hydrogen-bond acceptors (Lipinski definition) is 0. The summed E-state index contributed by atoms with van der Waals surface area (Å²) < 4.78 is 0. The van der Waals surface area contributed by atoms with Gasteiger partial charge in [-0.15, -0.1) is 0 Å². The van der Waals surface area contributed by atoms with E-state index in [-0.39, 0.29) is 0 Å². The molecule has 1 heteroatoms. The number of quaternary nitrogens is 1. The predicted octanol–water partition coefficient (Wildman–Crippen LogP) is 2.21. The first-order chi connectivity index (χ1) is 7.45. The third kappa shape index (κ3) is 3.52. The zero-order valence-corrected chi connectivity index (χ0v) is 9.23. The van der Waals surface area contributed by atoms with E-state index < -0.39 is 0 Å². The zero-order valence-electron chi connectivity index (χ0n) is 9.23. The first-order valence-electron chi connectivity index (χ1n) is 6.00. The molecule has 1 aliphatic rings. The number of hydrogen-bond donors (Lipinski definition) is 1. The van der Waals surface area contributed by atoms with E-state index in [0.717, 1.165) is 12.6 Å². The molecule has 1 fully saturated rings. The molecule has 0 heterocycles. The van der Waals surface area contributed by atoms with Crippen molar-refractivity contribution in [2.75, 3.05) is 6.54 Å². The van der Waals surface area contributed by atoms with Crippen LogP contribution in [0.1, 0.15) is 31.2 Å². The molecular weight excluding hydrogens is 182 g/mol. The lowest BCUT2D eigenvalue weighted by molar-refractivity contribution is -0.679. The highest BCUT2D eigenvalue weighted by atomic mass is 14.9. The van der Waals surface area contributed by atoms with Gasteiger partial charge in [0.25, 0.3) is 0 Å². The fourth-order valence-electron chi connectivity index (χ4n) is 2.23. The van der Waals surface area contributed by atoms with Crippen LogP contribution in [-0.4, -0.2) is 12.6 Å². The molecule has 2 rings (SSSR count). The molecule has 0 spiro atoms. The second kappa shape index (κ2) is 5.72. The minimum Gasteiger partial charge on any atom is -0.341 e. The zero-order chi connectivity index (χ0) is 10.3. The molecule has 0 saturated heterocycles. The van der Waals surface area contributed by atoms with Gasteiger partial charge in [0.2, 0.25) is 0 Å². The van der Waals surface area contributed by atoms with Crippen LogP contribution < -0.4 is 5.32 Å². The van der Waals surface area contributed by atoms with E-state index in [0.29, 0.717) is 0 Å². The van der Waals surface area contributed by atoms with Crippen molar-refractivity contribution in [3.8, 4) is 0 Å². The maximum Gasteiger partial charge on any atom is 0.0947 e. The Morgan fingerprint density at radius 2 is 1.87 bits per heavy atom. The molecule has 15 heavy (non-hydrogen) atoms. The van der Waals surface area contributed by atoms with Crippen molar-refractivity contribution >= 4 is 6.08 Å². The van der Waals surface area contributed by atoms with Crippen molar-refractivity contribution in [2.24, 2.45) is 0 Å². The molecule has 0 aliphatic heterocycles. The Morgan fingerprint density at radius 3 is 2.60 bits per heavy atom. The molecule has 0 bridgehead atoms. The van der Waals surface area contributed by atoms with Gasteiger partial charge in [-0.05, 0) is 37.3 Å². The lowest BCUT2D eigenvalue weighted by atomic mass is 10.2. The fourth-order valence-corrected chi connectivity index (χ4v) is 2.23. The highest BCUT2D eigenvalue weighted by molar-refractivity contribution is 5.48. The Balaban J connectivity index is 1.71. The smallest absolute Gasteiger partial charge is 0.0947 e. The summed E-state index contributed by atoms with van der Waals surface area (Å²) in [7, 11) is 0. The summed E-state index contributed by atoms with van der Waals surface area (Å²) in [6.07, 6.45) is 10.2. The van der Waals surface area contributed by atoms with Crippen LogP contribution in [0.4, 0.5) is 0 Å². The Labute approximate surface area is 92.2 Å². The van der Waals surface area contributed by atoms with E-state index in [1.807, 2.05) is 0 Å². The highest BCUT2D eigenvalue weighted by Gasteiger charge is 2.16. The van der Waals surface area contributed by atoms with Crippen LogP contribution in [0.15, 0.2) is 36.4 Å². The SMILES string of the molecule is C(=C\c1ccccc1)/C[NH2+]C1CCCC1. The molecule has 1 saturated carbocycles. The standard InChI is InChI=1S/C14H19N/c1-2-7-13(8-3-1)9-6-12-15-14-10-4-5-11-14/h1-3,6-9,14-15H,4-5,10-12H2/p+1/b9-6+. The third-order valence-corrected chi connectivity index (χ3v) is 3.12. The van der Waals surface area contributed by atoms with Crippen molar-refractivity contribution in [1.29, 1.82) is 0 Å². The predicted molar refractivity (Wildman–Crippen MR) is 64.5 cm³/mol. The monoisotopic (exact) mass is 202 g/mol. The summed E-state index contributed by atoms with van der Waals surface area (Å²) in [6.45, 7) is 1.12. The summed E-state index contributed by atoms with van der Waals surface area (Å²) in [5, 5.41) is 2.48. The van der Waals surface area contributed by atoms with Gasteiger partial charge >= 0.3 is 0 Å². The second-order valence-corrected chi connectivity index (χ2v) is 4.33. The molecule has 1 aromatic carbocycles. The van der Waals surface area contributed by atoms with Crippen molar-refractivity contribution in [3.05, 3.63) is 42.0 Å². The molecule has 2 N–H and O–H groups in total. The molecule has 80 valence electrons. The normalized spacial score (nSPS) is 17.6. The quantitative estimate of drug-likeness (QED) is 0.771. The van der Waals surface area contributed by atoms with Gasteiger partial charge in [0.05, 0.1) is 12.6 Å². The van der Waals surface area contributed by atoms with E-state index in [9.17, 15) is 0 Å². The minimum atomic E-state index is 0.894. The average Bonchev–Trinajstić information content (AvgIpc) is 2.79. The molecule has 1 aliphatic carbocycles. The summed E-state index contributed by atoms with van der Waals surface area (Å²) in [5.74, 6) is 0. The fraction of sp³-hybridized carbons (Fsp3) is 0.429. The van der Waals surface area contributed by atoms with E-state index in [4.69, 9.17) is 0 Å². The van der Waals surface area contributed by atoms with E-state index in [2.05, 4.69) is 47.8 Å². The Kier molecular flexibility index (Phi) is 3.98. The topological polar surface area (TPSA) is 16.6 Å². The first-order valence-corrected chi connectivity index (χ1v) is 6.00. The second-order valence-electron chi connectivity index (χ2n) is 4.33. The van der Waals surface area contributed by atoms with Gasteiger partial charge in [0.1, 0.15) is 0 Å². The summed E-state index contributed by atoms with van der Waals surface area (Å²) >= 11 is 0. The summed E-state index contributed by atoms with van der Waals surface area (Å²) in [5.41, 5.74) is 1.30. The van der Waals surface area contributed by atoms with Gasteiger partial charge in [-0.1, -0.05) is 36.4 Å². The molecule has 1 aromatic rings.